The molecule has 0 atom stereocenters. The number of nitrogens with zero attached hydrogens (tertiary/aromatic N) is 3. The van der Waals surface area contributed by atoms with Crippen LogP contribution in [0.2, 0.25) is 0 Å². The summed E-state index contributed by atoms with van der Waals surface area (Å²) in [4.78, 5) is 17.5. The van der Waals surface area contributed by atoms with E-state index < -0.39 is 0 Å². The van der Waals surface area contributed by atoms with Crippen LogP contribution in [0.4, 0.5) is 0 Å². The van der Waals surface area contributed by atoms with Crippen LogP contribution in [0.5, 0.6) is 11.5 Å². The quantitative estimate of drug-likeness (QED) is 0.674. The van der Waals surface area contributed by atoms with E-state index in [4.69, 9.17) is 14.7 Å². The molecule has 2 aromatic carbocycles. The van der Waals surface area contributed by atoms with Crippen LogP contribution in [-0.2, 0) is 6.54 Å². The lowest BCUT2D eigenvalue weighted by atomic mass is 10.1. The number of nitriles is 1. The molecule has 0 bridgehead atoms. The van der Waals surface area contributed by atoms with E-state index in [-0.39, 0.29) is 5.91 Å². The predicted molar refractivity (Wildman–Crippen MR) is 104 cm³/mol. The molecule has 3 aromatic rings. The van der Waals surface area contributed by atoms with Crippen molar-refractivity contribution in [2.45, 2.75) is 19.9 Å². The number of methoxy groups -OCH3 is 2. The summed E-state index contributed by atoms with van der Waals surface area (Å²) in [6.07, 6.45) is 0.901. The Morgan fingerprint density at radius 1 is 1.19 bits per heavy atom. The van der Waals surface area contributed by atoms with Crippen molar-refractivity contribution in [1.29, 1.82) is 5.26 Å². The average molecular weight is 381 g/mol. The molecule has 0 aliphatic rings. The fourth-order valence-electron chi connectivity index (χ4n) is 2.76. The van der Waals surface area contributed by atoms with Gasteiger partial charge in [-0.3, -0.25) is 4.79 Å². The van der Waals surface area contributed by atoms with E-state index >= 15 is 0 Å². The minimum Gasteiger partial charge on any atom is -0.493 e. The summed E-state index contributed by atoms with van der Waals surface area (Å²) in [5.74, 6) is 0.937. The number of thiazole rings is 1. The number of aryl methyl sites for hydroxylation is 1. The van der Waals surface area contributed by atoms with Gasteiger partial charge in [0.15, 0.2) is 16.3 Å². The van der Waals surface area contributed by atoms with Crippen LogP contribution in [0.25, 0.3) is 10.2 Å². The van der Waals surface area contributed by atoms with Gasteiger partial charge < -0.3 is 14.0 Å². The van der Waals surface area contributed by atoms with Crippen LogP contribution in [0.3, 0.4) is 0 Å². The Morgan fingerprint density at radius 3 is 2.44 bits per heavy atom. The maximum Gasteiger partial charge on any atom is 0.279 e. The molecule has 0 N–H and O–H groups in total. The lowest BCUT2D eigenvalue weighted by Crippen LogP contribution is -2.16. The summed E-state index contributed by atoms with van der Waals surface area (Å²) in [5.41, 5.74) is 1.91. The molecule has 0 spiro atoms. The first-order valence-electron chi connectivity index (χ1n) is 8.45. The van der Waals surface area contributed by atoms with Crippen LogP contribution in [0, 0.1) is 11.3 Å². The van der Waals surface area contributed by atoms with Crippen molar-refractivity contribution in [3.63, 3.8) is 0 Å². The second kappa shape index (κ2) is 8.06. The first kappa shape index (κ1) is 18.7. The van der Waals surface area contributed by atoms with Gasteiger partial charge in [0.1, 0.15) is 0 Å². The molecule has 1 amide bonds. The second-order valence-electron chi connectivity index (χ2n) is 5.82. The van der Waals surface area contributed by atoms with Crippen LogP contribution >= 0.6 is 11.3 Å². The molecule has 6 nitrogen and oxygen atoms in total. The van der Waals surface area contributed by atoms with Gasteiger partial charge in [0, 0.05) is 24.2 Å². The molecular weight excluding hydrogens is 362 g/mol. The Hall–Kier alpha value is -3.11. The van der Waals surface area contributed by atoms with Crippen molar-refractivity contribution in [1.82, 2.24) is 4.57 Å². The Morgan fingerprint density at radius 2 is 1.85 bits per heavy atom. The van der Waals surface area contributed by atoms with Gasteiger partial charge in [-0.15, -0.1) is 0 Å². The maximum atomic E-state index is 12.6. The Bertz CT molecular complexity index is 1090. The van der Waals surface area contributed by atoms with Crippen LogP contribution in [-0.4, -0.2) is 24.7 Å². The van der Waals surface area contributed by atoms with Crippen LogP contribution in [0.15, 0.2) is 41.4 Å². The van der Waals surface area contributed by atoms with Crippen LogP contribution < -0.4 is 14.3 Å². The zero-order valence-electron chi connectivity index (χ0n) is 15.4. The third-order valence-corrected chi connectivity index (χ3v) is 5.13. The molecule has 1 aromatic heterocycles. The third kappa shape index (κ3) is 3.71. The van der Waals surface area contributed by atoms with Gasteiger partial charge in [-0.25, -0.2) is 0 Å². The summed E-state index contributed by atoms with van der Waals surface area (Å²) < 4.78 is 13.8. The lowest BCUT2D eigenvalue weighted by molar-refractivity contribution is 0.0998. The monoisotopic (exact) mass is 381 g/mol. The number of benzene rings is 2. The Kier molecular flexibility index (Phi) is 5.57. The SMILES string of the molecule is CCCn1c(=NC(=O)c2ccc(C#N)cc2)sc2cc(OC)c(OC)cc21. The zero-order valence-corrected chi connectivity index (χ0v) is 16.2. The summed E-state index contributed by atoms with van der Waals surface area (Å²) in [5, 5.41) is 8.88. The topological polar surface area (TPSA) is 76.6 Å². The van der Waals surface area contributed by atoms with Gasteiger partial charge in [-0.1, -0.05) is 18.3 Å². The summed E-state index contributed by atoms with van der Waals surface area (Å²) in [6.45, 7) is 2.80. The molecule has 138 valence electrons. The lowest BCUT2D eigenvalue weighted by Gasteiger charge is -2.08. The number of aromatic nitrogens is 1. The molecule has 0 unspecified atom stereocenters. The number of carbonyl (C=O) groups is 1. The van der Waals surface area contributed by atoms with Gasteiger partial charge in [0.25, 0.3) is 5.91 Å². The van der Waals surface area contributed by atoms with Gasteiger partial charge in [-0.2, -0.15) is 10.3 Å². The number of rotatable bonds is 5. The average Bonchev–Trinajstić information content (AvgIpc) is 3.03. The summed E-state index contributed by atoms with van der Waals surface area (Å²) in [6, 6.07) is 12.3. The Labute approximate surface area is 160 Å². The van der Waals surface area contributed by atoms with Crippen molar-refractivity contribution < 1.29 is 14.3 Å². The first-order chi connectivity index (χ1) is 13.1. The number of carbonyl (C=O) groups excluding carboxylic acids is 1. The van der Waals surface area contributed by atoms with Crippen molar-refractivity contribution >= 4 is 27.5 Å². The second-order valence-corrected chi connectivity index (χ2v) is 6.83. The molecule has 0 aliphatic carbocycles. The van der Waals surface area contributed by atoms with Crippen molar-refractivity contribution in [3.05, 3.63) is 52.3 Å². The third-order valence-electron chi connectivity index (χ3n) is 4.09. The molecule has 0 radical (unpaired) electrons. The standard InChI is InChI=1S/C20H19N3O3S/c1-4-9-23-15-10-16(25-2)17(26-3)11-18(15)27-20(23)22-19(24)14-7-5-13(12-21)6-8-14/h5-8,10-11H,4,9H2,1-3H3. The number of fused-ring (bicyclic) bond motifs is 1. The summed E-state index contributed by atoms with van der Waals surface area (Å²) >= 11 is 1.43. The minimum atomic E-state index is -0.338. The largest absolute Gasteiger partial charge is 0.493 e. The fraction of sp³-hybridized carbons (Fsp3) is 0.250. The molecule has 0 saturated heterocycles. The zero-order chi connectivity index (χ0) is 19.4. The Balaban J connectivity index is 2.13. The highest BCUT2D eigenvalue weighted by molar-refractivity contribution is 7.16. The minimum absolute atomic E-state index is 0.338. The molecule has 1 heterocycles. The van der Waals surface area contributed by atoms with Gasteiger partial charge in [0.05, 0.1) is 36.1 Å². The molecule has 7 heteroatoms. The van der Waals surface area contributed by atoms with E-state index in [1.165, 1.54) is 11.3 Å². The van der Waals surface area contributed by atoms with E-state index in [0.29, 0.717) is 27.4 Å². The number of amides is 1. The fourth-order valence-corrected chi connectivity index (χ4v) is 3.83. The van der Waals surface area contributed by atoms with E-state index in [9.17, 15) is 4.79 Å². The first-order valence-corrected chi connectivity index (χ1v) is 9.27. The molecule has 0 saturated carbocycles. The van der Waals surface area contributed by atoms with Gasteiger partial charge >= 0.3 is 0 Å². The molecular formula is C20H19N3O3S. The van der Waals surface area contributed by atoms with E-state index in [0.717, 1.165) is 23.2 Å². The van der Waals surface area contributed by atoms with E-state index in [1.54, 1.807) is 38.5 Å². The van der Waals surface area contributed by atoms with Crippen molar-refractivity contribution in [2.75, 3.05) is 14.2 Å². The van der Waals surface area contributed by atoms with E-state index in [1.807, 2.05) is 22.8 Å². The highest BCUT2D eigenvalue weighted by atomic mass is 32.1. The van der Waals surface area contributed by atoms with Crippen molar-refractivity contribution in [3.8, 4) is 17.6 Å². The number of ether oxygens (including phenoxy) is 2. The number of hydrogen-bond acceptors (Lipinski definition) is 5. The molecule has 0 fully saturated rings. The molecule has 27 heavy (non-hydrogen) atoms. The smallest absolute Gasteiger partial charge is 0.279 e. The molecule has 3 rings (SSSR count). The predicted octanol–water partition coefficient (Wildman–Crippen LogP) is 3.74. The van der Waals surface area contributed by atoms with Gasteiger partial charge in [0.2, 0.25) is 0 Å². The van der Waals surface area contributed by atoms with Crippen molar-refractivity contribution in [2.24, 2.45) is 4.99 Å². The normalized spacial score (nSPS) is 11.4. The molecule has 0 aliphatic heterocycles. The van der Waals surface area contributed by atoms with Gasteiger partial charge in [-0.05, 0) is 30.7 Å². The highest BCUT2D eigenvalue weighted by Crippen LogP contribution is 2.33. The maximum absolute atomic E-state index is 12.6. The number of hydrogen-bond donors (Lipinski definition) is 0. The highest BCUT2D eigenvalue weighted by Gasteiger charge is 2.13. The van der Waals surface area contributed by atoms with E-state index in [2.05, 4.69) is 11.9 Å². The van der Waals surface area contributed by atoms with Crippen LogP contribution in [0.1, 0.15) is 29.3 Å². The summed E-state index contributed by atoms with van der Waals surface area (Å²) in [7, 11) is 3.19.